The Labute approximate surface area is 240 Å². The standard InChI is InChI=1S/C29H38Cl2N6O2/c1-18-16-36(13-9-23(18)21-6-5-11-35(17-21)12-10-27(38)39-4)26-15-32-28-19(2)34-37(29(28)33-26)20(3)24-8-7-22(30)14-25(24)31/h7-8,14-15,18,20-21,23H,5-6,9-13,16-17H2,1-4H3. The van der Waals surface area contributed by atoms with E-state index in [-0.39, 0.29) is 12.0 Å². The van der Waals surface area contributed by atoms with Crippen LogP contribution in [0.1, 0.15) is 56.8 Å². The Kier molecular flexibility index (Phi) is 8.64. The zero-order valence-corrected chi connectivity index (χ0v) is 24.8. The maximum Gasteiger partial charge on any atom is 0.306 e. The Morgan fingerprint density at radius 1 is 1.21 bits per heavy atom. The molecule has 0 amide bonds. The van der Waals surface area contributed by atoms with Crippen molar-refractivity contribution in [2.45, 2.75) is 52.5 Å². The Balaban J connectivity index is 1.30. The third kappa shape index (κ3) is 6.03. The first-order chi connectivity index (χ1) is 18.7. The number of aryl methyl sites for hydroxylation is 1. The Bertz CT molecular complexity index is 1330. The number of esters is 1. The van der Waals surface area contributed by atoms with Crippen molar-refractivity contribution in [2.75, 3.05) is 44.7 Å². The van der Waals surface area contributed by atoms with Gasteiger partial charge in [-0.1, -0.05) is 36.2 Å². The number of methoxy groups -OCH3 is 1. The van der Waals surface area contributed by atoms with Crippen LogP contribution < -0.4 is 4.90 Å². The number of nitrogens with zero attached hydrogens (tertiary/aromatic N) is 6. The number of carbonyl (C=O) groups is 1. The lowest BCUT2D eigenvalue weighted by molar-refractivity contribution is -0.141. The molecule has 2 aliphatic rings. The van der Waals surface area contributed by atoms with Gasteiger partial charge in [-0.3, -0.25) is 4.79 Å². The second kappa shape index (κ2) is 12.0. The number of aromatic nitrogens is 4. The predicted molar refractivity (Wildman–Crippen MR) is 156 cm³/mol. The van der Waals surface area contributed by atoms with Crippen LogP contribution in [0.4, 0.5) is 5.82 Å². The van der Waals surface area contributed by atoms with Gasteiger partial charge in [-0.05, 0) is 75.1 Å². The molecule has 0 N–H and O–H groups in total. The summed E-state index contributed by atoms with van der Waals surface area (Å²) in [7, 11) is 1.46. The monoisotopic (exact) mass is 572 g/mol. The zero-order chi connectivity index (χ0) is 27.7. The molecule has 3 aromatic rings. The molecule has 0 saturated carbocycles. The van der Waals surface area contributed by atoms with Gasteiger partial charge in [0, 0.05) is 36.2 Å². The molecule has 0 aliphatic carbocycles. The fourth-order valence-electron chi connectivity index (χ4n) is 6.50. The van der Waals surface area contributed by atoms with Crippen molar-refractivity contribution < 1.29 is 9.53 Å². The highest BCUT2D eigenvalue weighted by molar-refractivity contribution is 6.35. The molecule has 0 bridgehead atoms. The summed E-state index contributed by atoms with van der Waals surface area (Å²) in [6.45, 7) is 11.3. The van der Waals surface area contributed by atoms with Gasteiger partial charge in [-0.15, -0.1) is 0 Å². The van der Waals surface area contributed by atoms with Gasteiger partial charge in [0.25, 0.3) is 0 Å². The lowest BCUT2D eigenvalue weighted by atomic mass is 9.74. The fraction of sp³-hybridized carbons (Fsp3) is 0.586. The van der Waals surface area contributed by atoms with Crippen LogP contribution in [0.15, 0.2) is 24.4 Å². The van der Waals surface area contributed by atoms with E-state index in [2.05, 4.69) is 23.6 Å². The summed E-state index contributed by atoms with van der Waals surface area (Å²) in [5.41, 5.74) is 3.38. The van der Waals surface area contributed by atoms with E-state index in [9.17, 15) is 4.79 Å². The first-order valence-electron chi connectivity index (χ1n) is 14.0. The summed E-state index contributed by atoms with van der Waals surface area (Å²) in [5.74, 6) is 2.64. The summed E-state index contributed by atoms with van der Waals surface area (Å²) in [4.78, 5) is 26.3. The highest BCUT2D eigenvalue weighted by Gasteiger charge is 2.35. The largest absolute Gasteiger partial charge is 0.469 e. The minimum Gasteiger partial charge on any atom is -0.469 e. The maximum atomic E-state index is 11.6. The van der Waals surface area contributed by atoms with E-state index in [1.807, 2.05) is 29.9 Å². The quantitative estimate of drug-likeness (QED) is 0.331. The predicted octanol–water partition coefficient (Wildman–Crippen LogP) is 5.79. The molecule has 0 spiro atoms. The normalized spacial score (nSPS) is 23.2. The summed E-state index contributed by atoms with van der Waals surface area (Å²) < 4.78 is 6.77. The van der Waals surface area contributed by atoms with Crippen LogP contribution in [0.2, 0.25) is 10.0 Å². The van der Waals surface area contributed by atoms with E-state index in [0.29, 0.717) is 34.2 Å². The van der Waals surface area contributed by atoms with Crippen LogP contribution in [0.5, 0.6) is 0 Å². The minimum atomic E-state index is -0.126. The average Bonchev–Trinajstić information content (AvgIpc) is 3.27. The van der Waals surface area contributed by atoms with Gasteiger partial charge in [0.1, 0.15) is 11.3 Å². The van der Waals surface area contributed by atoms with Crippen LogP contribution in [-0.2, 0) is 9.53 Å². The highest BCUT2D eigenvalue weighted by Crippen LogP contribution is 2.37. The molecular formula is C29H38Cl2N6O2. The molecule has 5 rings (SSSR count). The summed E-state index contributed by atoms with van der Waals surface area (Å²) in [5, 5.41) is 6.01. The van der Waals surface area contributed by atoms with Crippen LogP contribution in [0.3, 0.4) is 0 Å². The third-order valence-corrected chi connectivity index (χ3v) is 9.20. The van der Waals surface area contributed by atoms with Gasteiger partial charge >= 0.3 is 5.97 Å². The van der Waals surface area contributed by atoms with Crippen molar-refractivity contribution in [3.63, 3.8) is 0 Å². The number of carbonyl (C=O) groups excluding carboxylic acids is 1. The second-order valence-corrected chi connectivity index (χ2v) is 12.0. The molecular weight excluding hydrogens is 535 g/mol. The van der Waals surface area contributed by atoms with Gasteiger partial charge in [0.2, 0.25) is 0 Å². The molecule has 8 nitrogen and oxygen atoms in total. The number of rotatable bonds is 7. The van der Waals surface area contributed by atoms with Gasteiger partial charge in [0.15, 0.2) is 5.65 Å². The van der Waals surface area contributed by atoms with Crippen molar-refractivity contribution >= 4 is 46.2 Å². The van der Waals surface area contributed by atoms with Crippen molar-refractivity contribution in [3.8, 4) is 0 Å². The number of anilines is 1. The first kappa shape index (κ1) is 28.1. The van der Waals surface area contributed by atoms with E-state index in [4.69, 9.17) is 43.0 Å². The van der Waals surface area contributed by atoms with Gasteiger partial charge < -0.3 is 14.5 Å². The lowest BCUT2D eigenvalue weighted by Crippen LogP contribution is -2.47. The number of likely N-dealkylation sites (tertiary alicyclic amines) is 1. The molecule has 210 valence electrons. The molecule has 4 atom stereocenters. The number of hydrogen-bond acceptors (Lipinski definition) is 7. The van der Waals surface area contributed by atoms with E-state index in [1.165, 1.54) is 20.0 Å². The number of halogens is 2. The van der Waals surface area contributed by atoms with E-state index < -0.39 is 0 Å². The number of piperidine rings is 2. The number of fused-ring (bicyclic) bond motifs is 1. The van der Waals surface area contributed by atoms with Crippen molar-refractivity contribution in [2.24, 2.45) is 17.8 Å². The summed E-state index contributed by atoms with van der Waals surface area (Å²) >= 11 is 12.7. The Hall–Kier alpha value is -2.42. The van der Waals surface area contributed by atoms with Gasteiger partial charge in [-0.25, -0.2) is 14.6 Å². The topological polar surface area (TPSA) is 76.4 Å². The Morgan fingerprint density at radius 3 is 2.77 bits per heavy atom. The van der Waals surface area contributed by atoms with Crippen LogP contribution in [-0.4, -0.2) is 70.5 Å². The van der Waals surface area contributed by atoms with E-state index in [0.717, 1.165) is 67.4 Å². The molecule has 10 heteroatoms. The maximum absolute atomic E-state index is 11.6. The van der Waals surface area contributed by atoms with E-state index in [1.54, 1.807) is 6.07 Å². The molecule has 39 heavy (non-hydrogen) atoms. The smallest absolute Gasteiger partial charge is 0.306 e. The summed E-state index contributed by atoms with van der Waals surface area (Å²) in [6, 6.07) is 5.45. The molecule has 2 aliphatic heterocycles. The van der Waals surface area contributed by atoms with Crippen molar-refractivity contribution in [1.82, 2.24) is 24.6 Å². The van der Waals surface area contributed by atoms with Crippen molar-refractivity contribution in [3.05, 3.63) is 45.7 Å². The molecule has 2 aromatic heterocycles. The average molecular weight is 574 g/mol. The molecule has 2 fully saturated rings. The minimum absolute atomic E-state index is 0.117. The lowest BCUT2D eigenvalue weighted by Gasteiger charge is -2.44. The van der Waals surface area contributed by atoms with Crippen LogP contribution in [0, 0.1) is 24.7 Å². The molecule has 4 unspecified atom stereocenters. The summed E-state index contributed by atoms with van der Waals surface area (Å²) in [6.07, 6.45) is 5.95. The van der Waals surface area contributed by atoms with Gasteiger partial charge in [-0.2, -0.15) is 5.10 Å². The fourth-order valence-corrected chi connectivity index (χ4v) is 7.07. The third-order valence-electron chi connectivity index (χ3n) is 8.64. The molecule has 2 saturated heterocycles. The van der Waals surface area contributed by atoms with Crippen LogP contribution >= 0.6 is 23.2 Å². The van der Waals surface area contributed by atoms with Crippen molar-refractivity contribution in [1.29, 1.82) is 0 Å². The Morgan fingerprint density at radius 2 is 2.03 bits per heavy atom. The molecule has 4 heterocycles. The zero-order valence-electron chi connectivity index (χ0n) is 23.2. The number of ether oxygens (including phenoxy) is 1. The molecule has 0 radical (unpaired) electrons. The SMILES string of the molecule is COC(=O)CCN1CCCC(C2CCN(c3cnc4c(C)nn(C(C)c5ccc(Cl)cc5Cl)c4n3)CC2C)C1. The molecule has 1 aromatic carbocycles. The highest BCUT2D eigenvalue weighted by atomic mass is 35.5. The van der Waals surface area contributed by atoms with Crippen LogP contribution in [0.25, 0.3) is 11.2 Å². The number of hydrogen-bond donors (Lipinski definition) is 0. The van der Waals surface area contributed by atoms with Gasteiger partial charge in [0.05, 0.1) is 31.5 Å². The number of benzene rings is 1. The first-order valence-corrected chi connectivity index (χ1v) is 14.7. The second-order valence-electron chi connectivity index (χ2n) is 11.2. The van der Waals surface area contributed by atoms with E-state index >= 15 is 0 Å².